The standard InChI is InChI=1S/C7H13O8P.C3H5BrO2.C2H6.CH5O4P/c1-6(8)12-4-14-16(10,11-3)15-5-13-7(2)9;1-3(5)6-2-4;1-2;1-5-6(2,3)4/h4-5H2,1-3H3;2H2,1H3;1-2H3;1H3,(H2,2,3,4). The second-order valence-corrected chi connectivity index (χ2v) is 7.39. The van der Waals surface area contributed by atoms with E-state index in [9.17, 15) is 23.5 Å². The molecule has 0 aliphatic rings. The molecule has 0 aromatic rings. The number of phosphoric acid groups is 2. The molecule has 2 N–H and O–H groups in total. The van der Waals surface area contributed by atoms with E-state index in [1.54, 1.807) is 0 Å². The summed E-state index contributed by atoms with van der Waals surface area (Å²) >= 11 is 2.91. The molecular weight excluding hydrogens is 522 g/mol. The number of halogens is 1. The van der Waals surface area contributed by atoms with Crippen LogP contribution < -0.4 is 0 Å². The lowest BCUT2D eigenvalue weighted by molar-refractivity contribution is -0.151. The van der Waals surface area contributed by atoms with Gasteiger partial charge < -0.3 is 24.0 Å². The van der Waals surface area contributed by atoms with Gasteiger partial charge in [0.1, 0.15) is 5.52 Å². The quantitative estimate of drug-likeness (QED) is 0.140. The number of alkyl halides is 1. The van der Waals surface area contributed by atoms with Crippen LogP contribution in [-0.4, -0.2) is 61.0 Å². The number of phosphoric ester groups is 2. The van der Waals surface area contributed by atoms with Gasteiger partial charge >= 0.3 is 33.6 Å². The molecule has 30 heavy (non-hydrogen) atoms. The Kier molecular flexibility index (Phi) is 27.7. The van der Waals surface area contributed by atoms with Crippen molar-refractivity contribution in [1.29, 1.82) is 0 Å². The van der Waals surface area contributed by atoms with Crippen LogP contribution in [0.2, 0.25) is 0 Å². The summed E-state index contributed by atoms with van der Waals surface area (Å²) in [5, 5.41) is 0. The highest BCUT2D eigenvalue weighted by molar-refractivity contribution is 9.09. The number of ether oxygens (including phenoxy) is 3. The maximum atomic E-state index is 11.5. The van der Waals surface area contributed by atoms with Crippen molar-refractivity contribution in [3.63, 3.8) is 0 Å². The second kappa shape index (κ2) is 22.8. The first-order valence-electron chi connectivity index (χ1n) is 7.75. The van der Waals surface area contributed by atoms with Crippen molar-refractivity contribution in [2.45, 2.75) is 34.6 Å². The van der Waals surface area contributed by atoms with Crippen LogP contribution in [0.1, 0.15) is 34.6 Å². The van der Waals surface area contributed by atoms with Gasteiger partial charge in [0.05, 0.1) is 0 Å². The summed E-state index contributed by atoms with van der Waals surface area (Å²) in [6.07, 6.45) is 0. The minimum atomic E-state index is -4.15. The van der Waals surface area contributed by atoms with E-state index in [0.717, 1.165) is 28.1 Å². The van der Waals surface area contributed by atoms with Crippen molar-refractivity contribution in [2.24, 2.45) is 0 Å². The fourth-order valence-corrected chi connectivity index (χ4v) is 1.54. The third kappa shape index (κ3) is 37.8. The molecule has 0 aliphatic heterocycles. The first kappa shape index (κ1) is 36.5. The Morgan fingerprint density at radius 3 is 1.20 bits per heavy atom. The fourth-order valence-electron chi connectivity index (χ4n) is 0.567. The van der Waals surface area contributed by atoms with Crippen LogP contribution in [0.4, 0.5) is 0 Å². The van der Waals surface area contributed by atoms with Crippen LogP contribution in [0.15, 0.2) is 0 Å². The van der Waals surface area contributed by atoms with Crippen LogP contribution in [0, 0.1) is 0 Å². The van der Waals surface area contributed by atoms with E-state index in [2.05, 4.69) is 48.2 Å². The molecule has 0 fully saturated rings. The Hall–Kier alpha value is -0.890. The molecule has 0 aliphatic carbocycles. The van der Waals surface area contributed by atoms with Gasteiger partial charge in [-0.3, -0.25) is 23.4 Å². The molecule has 0 radical (unpaired) electrons. The molecule has 17 heteroatoms. The molecule has 0 heterocycles. The van der Waals surface area contributed by atoms with Gasteiger partial charge in [0.25, 0.3) is 0 Å². The van der Waals surface area contributed by atoms with Crippen molar-refractivity contribution in [3.05, 3.63) is 0 Å². The molecule has 0 bridgehead atoms. The summed E-state index contributed by atoms with van der Waals surface area (Å²) in [7, 11) is -6.00. The van der Waals surface area contributed by atoms with E-state index in [4.69, 9.17) is 9.79 Å². The lowest BCUT2D eigenvalue weighted by atomic mass is 10.8. The van der Waals surface area contributed by atoms with Gasteiger partial charge in [0.2, 0.25) is 13.6 Å². The Balaban J connectivity index is -0.000000198. The molecule has 0 aromatic carbocycles. The first-order chi connectivity index (χ1) is 13.7. The molecule has 0 amide bonds. The summed E-state index contributed by atoms with van der Waals surface area (Å²) in [6.45, 7) is 6.50. The summed E-state index contributed by atoms with van der Waals surface area (Å²) < 4.78 is 51.1. The molecule has 0 atom stereocenters. The Morgan fingerprint density at radius 2 is 1.07 bits per heavy atom. The van der Waals surface area contributed by atoms with Gasteiger partial charge in [-0.05, 0) is 15.9 Å². The maximum absolute atomic E-state index is 11.5. The van der Waals surface area contributed by atoms with Crippen LogP contribution in [-0.2, 0) is 55.8 Å². The monoisotopic (exact) mass is 550 g/mol. The van der Waals surface area contributed by atoms with E-state index in [1.807, 2.05) is 13.8 Å². The molecule has 0 rings (SSSR count). The molecule has 0 aromatic heterocycles. The Morgan fingerprint density at radius 1 is 0.767 bits per heavy atom. The maximum Gasteiger partial charge on any atom is 0.480 e. The fraction of sp³-hybridized carbons (Fsp3) is 0.769. The van der Waals surface area contributed by atoms with Gasteiger partial charge in [-0.1, -0.05) is 13.8 Å². The molecule has 14 nitrogen and oxygen atoms in total. The predicted octanol–water partition coefficient (Wildman–Crippen LogP) is 2.47. The second-order valence-electron chi connectivity index (χ2n) is 3.81. The number of carbonyl (C=O) groups is 3. The van der Waals surface area contributed by atoms with Gasteiger partial charge in [0.15, 0.2) is 0 Å². The van der Waals surface area contributed by atoms with E-state index in [-0.39, 0.29) is 5.97 Å². The average molecular weight is 551 g/mol. The number of hydrogen-bond donors (Lipinski definition) is 2. The zero-order chi connectivity index (χ0) is 24.8. The lowest BCUT2D eigenvalue weighted by Gasteiger charge is -2.14. The number of esters is 3. The van der Waals surface area contributed by atoms with Gasteiger partial charge in [-0.2, -0.15) is 0 Å². The third-order valence-corrected chi connectivity index (χ3v) is 3.66. The minimum Gasteiger partial charge on any atom is -0.454 e. The zero-order valence-corrected chi connectivity index (χ0v) is 21.1. The van der Waals surface area contributed by atoms with E-state index in [1.165, 1.54) is 6.92 Å². The number of hydrogen-bond acceptors (Lipinski definition) is 12. The number of carbonyl (C=O) groups excluding carboxylic acids is 3. The van der Waals surface area contributed by atoms with E-state index >= 15 is 0 Å². The summed E-state index contributed by atoms with van der Waals surface area (Å²) in [6, 6.07) is 0. The van der Waals surface area contributed by atoms with Crippen molar-refractivity contribution >= 4 is 49.5 Å². The van der Waals surface area contributed by atoms with E-state index < -0.39 is 41.2 Å². The van der Waals surface area contributed by atoms with Crippen LogP contribution in [0.3, 0.4) is 0 Å². The zero-order valence-electron chi connectivity index (χ0n) is 17.7. The largest absolute Gasteiger partial charge is 0.480 e. The molecule has 182 valence electrons. The topological polar surface area (TPSA) is 190 Å². The molecule has 0 saturated carbocycles. The van der Waals surface area contributed by atoms with Crippen molar-refractivity contribution in [1.82, 2.24) is 0 Å². The molecular formula is C13H29BrO14P2. The Labute approximate surface area is 183 Å². The predicted molar refractivity (Wildman–Crippen MR) is 106 cm³/mol. The average Bonchev–Trinajstić information content (AvgIpc) is 2.63. The van der Waals surface area contributed by atoms with Crippen LogP contribution in [0.25, 0.3) is 0 Å². The van der Waals surface area contributed by atoms with Crippen molar-refractivity contribution in [2.75, 3.05) is 33.3 Å². The smallest absolute Gasteiger partial charge is 0.454 e. The van der Waals surface area contributed by atoms with Crippen molar-refractivity contribution in [3.8, 4) is 0 Å². The summed E-state index contributed by atoms with van der Waals surface area (Å²) in [5.41, 5.74) is 0.294. The normalized spacial score (nSPS) is 9.93. The molecule has 0 spiro atoms. The van der Waals surface area contributed by atoms with Crippen LogP contribution in [0.5, 0.6) is 0 Å². The van der Waals surface area contributed by atoms with Crippen molar-refractivity contribution < 1.29 is 65.6 Å². The molecule has 0 saturated heterocycles. The van der Waals surface area contributed by atoms with Crippen LogP contribution >= 0.6 is 31.6 Å². The van der Waals surface area contributed by atoms with E-state index in [0.29, 0.717) is 5.52 Å². The van der Waals surface area contributed by atoms with Gasteiger partial charge in [-0.15, -0.1) is 0 Å². The van der Waals surface area contributed by atoms with Gasteiger partial charge in [0, 0.05) is 35.0 Å². The highest BCUT2D eigenvalue weighted by Gasteiger charge is 2.26. The third-order valence-electron chi connectivity index (χ3n) is 1.67. The molecule has 0 unspecified atom stereocenters. The first-order valence-corrected chi connectivity index (χ1v) is 11.9. The highest BCUT2D eigenvalue weighted by atomic mass is 79.9. The van der Waals surface area contributed by atoms with Gasteiger partial charge in [-0.25, -0.2) is 18.2 Å². The highest BCUT2D eigenvalue weighted by Crippen LogP contribution is 2.48. The summed E-state index contributed by atoms with van der Waals surface area (Å²) in [5.74, 6) is -1.47. The number of rotatable bonds is 9. The minimum absolute atomic E-state index is 0.258. The lowest BCUT2D eigenvalue weighted by Crippen LogP contribution is -2.08. The Bertz CT molecular complexity index is 526. The SMILES string of the molecule is CC.CC(=O)OCBr.COP(=O)(O)O.COP(=O)(OCOC(C)=O)OCOC(C)=O. The summed E-state index contributed by atoms with van der Waals surface area (Å²) in [4.78, 5) is 46.0.